The molecule has 0 radical (unpaired) electrons. The number of aryl methyl sites for hydroxylation is 2. The number of hydrogen-bond acceptors (Lipinski definition) is 2. The summed E-state index contributed by atoms with van der Waals surface area (Å²) in [5, 5.41) is 3.42. The minimum Gasteiger partial charge on any atom is -0.497 e. The van der Waals surface area contributed by atoms with Gasteiger partial charge in [0.1, 0.15) is 5.75 Å². The number of rotatable bonds is 5. The fraction of sp³-hybridized carbons (Fsp3) is 0.333. The van der Waals surface area contributed by atoms with E-state index in [4.69, 9.17) is 4.74 Å². The molecule has 2 aromatic carbocycles. The van der Waals surface area contributed by atoms with Gasteiger partial charge in [-0.1, -0.05) is 35.9 Å². The zero-order valence-electron chi connectivity index (χ0n) is 12.7. The smallest absolute Gasteiger partial charge is 0.119 e. The number of hydrogen-bond donors (Lipinski definition) is 1. The molecule has 2 nitrogen and oxygen atoms in total. The van der Waals surface area contributed by atoms with Gasteiger partial charge >= 0.3 is 0 Å². The van der Waals surface area contributed by atoms with Crippen LogP contribution in [0.25, 0.3) is 0 Å². The molecule has 2 rings (SSSR count). The summed E-state index contributed by atoms with van der Waals surface area (Å²) in [6.07, 6.45) is 0.956. The lowest BCUT2D eigenvalue weighted by Gasteiger charge is -2.19. The predicted octanol–water partition coefficient (Wildman–Crippen LogP) is 3.82. The van der Waals surface area contributed by atoms with Crippen molar-refractivity contribution in [2.75, 3.05) is 14.2 Å². The van der Waals surface area contributed by atoms with Crippen molar-refractivity contribution in [1.82, 2.24) is 5.32 Å². The molecular formula is C18H23NO. The van der Waals surface area contributed by atoms with Gasteiger partial charge in [0.05, 0.1) is 7.11 Å². The fourth-order valence-electron chi connectivity index (χ4n) is 2.62. The first-order chi connectivity index (χ1) is 9.63. The van der Waals surface area contributed by atoms with E-state index in [1.165, 1.54) is 22.3 Å². The van der Waals surface area contributed by atoms with Gasteiger partial charge < -0.3 is 10.1 Å². The van der Waals surface area contributed by atoms with Gasteiger partial charge in [0.25, 0.3) is 0 Å². The number of benzene rings is 2. The molecule has 1 N–H and O–H groups in total. The van der Waals surface area contributed by atoms with Crippen LogP contribution in [0.3, 0.4) is 0 Å². The van der Waals surface area contributed by atoms with Crippen molar-refractivity contribution < 1.29 is 4.74 Å². The summed E-state index contributed by atoms with van der Waals surface area (Å²) in [6.45, 7) is 4.31. The van der Waals surface area contributed by atoms with Crippen molar-refractivity contribution in [1.29, 1.82) is 0 Å². The Hall–Kier alpha value is -1.80. The molecule has 0 bridgehead atoms. The molecule has 0 fully saturated rings. The Morgan fingerprint density at radius 2 is 1.90 bits per heavy atom. The summed E-state index contributed by atoms with van der Waals surface area (Å²) in [5.74, 6) is 0.915. The first-order valence-corrected chi connectivity index (χ1v) is 7.01. The molecule has 0 aliphatic heterocycles. The molecule has 1 unspecified atom stereocenters. The molecule has 0 aromatic heterocycles. The highest BCUT2D eigenvalue weighted by Crippen LogP contribution is 2.24. The monoisotopic (exact) mass is 269 g/mol. The number of likely N-dealkylation sites (N-methyl/N-ethyl adjacent to an activating group) is 1. The highest BCUT2D eigenvalue weighted by molar-refractivity contribution is 5.35. The Balaban J connectivity index is 2.23. The Morgan fingerprint density at radius 1 is 1.10 bits per heavy atom. The lowest BCUT2D eigenvalue weighted by Crippen LogP contribution is -2.19. The van der Waals surface area contributed by atoms with Crippen LogP contribution in [0.2, 0.25) is 0 Å². The largest absolute Gasteiger partial charge is 0.497 e. The molecule has 0 aliphatic carbocycles. The van der Waals surface area contributed by atoms with Gasteiger partial charge in [0, 0.05) is 6.04 Å². The van der Waals surface area contributed by atoms with Crippen molar-refractivity contribution in [3.8, 4) is 5.75 Å². The van der Waals surface area contributed by atoms with Crippen molar-refractivity contribution in [2.24, 2.45) is 0 Å². The van der Waals surface area contributed by atoms with E-state index in [0.29, 0.717) is 6.04 Å². The highest BCUT2D eigenvalue weighted by Gasteiger charge is 2.13. The van der Waals surface area contributed by atoms with Crippen molar-refractivity contribution in [2.45, 2.75) is 26.3 Å². The maximum absolute atomic E-state index is 5.29. The Bertz CT molecular complexity index is 577. The summed E-state index contributed by atoms with van der Waals surface area (Å²) in [6, 6.07) is 15.3. The van der Waals surface area contributed by atoms with E-state index in [9.17, 15) is 0 Å². The SMILES string of the molecule is CNC(Cc1cccc(OC)c1)c1ccc(C)cc1C. The molecule has 0 amide bonds. The average Bonchev–Trinajstić information content (AvgIpc) is 2.45. The van der Waals surface area contributed by atoms with Gasteiger partial charge in [-0.05, 0) is 56.1 Å². The van der Waals surface area contributed by atoms with Gasteiger partial charge in [0.2, 0.25) is 0 Å². The van der Waals surface area contributed by atoms with E-state index in [-0.39, 0.29) is 0 Å². The standard InChI is InChI=1S/C18H23NO/c1-13-8-9-17(14(2)10-13)18(19-3)12-15-6-5-7-16(11-15)20-4/h5-11,18-19H,12H2,1-4H3. The van der Waals surface area contributed by atoms with Crippen LogP contribution in [-0.4, -0.2) is 14.2 Å². The van der Waals surface area contributed by atoms with Crippen molar-refractivity contribution in [3.63, 3.8) is 0 Å². The first kappa shape index (κ1) is 14.6. The zero-order valence-corrected chi connectivity index (χ0v) is 12.7. The van der Waals surface area contributed by atoms with Crippen LogP contribution in [0.4, 0.5) is 0 Å². The van der Waals surface area contributed by atoms with Crippen LogP contribution >= 0.6 is 0 Å². The predicted molar refractivity (Wildman–Crippen MR) is 84.4 cm³/mol. The maximum Gasteiger partial charge on any atom is 0.119 e. The molecule has 2 aromatic rings. The van der Waals surface area contributed by atoms with Crippen molar-refractivity contribution in [3.05, 3.63) is 64.7 Å². The summed E-state index contributed by atoms with van der Waals surface area (Å²) < 4.78 is 5.29. The third-order valence-electron chi connectivity index (χ3n) is 3.72. The average molecular weight is 269 g/mol. The van der Waals surface area contributed by atoms with Gasteiger partial charge in [0.15, 0.2) is 0 Å². The molecule has 1 atom stereocenters. The molecule has 0 spiro atoms. The van der Waals surface area contributed by atoms with Crippen LogP contribution in [0.15, 0.2) is 42.5 Å². The lowest BCUT2D eigenvalue weighted by atomic mass is 9.94. The maximum atomic E-state index is 5.29. The van der Waals surface area contributed by atoms with Crippen LogP contribution in [-0.2, 0) is 6.42 Å². The molecule has 20 heavy (non-hydrogen) atoms. The van der Waals surface area contributed by atoms with E-state index >= 15 is 0 Å². The Labute approximate surface area is 121 Å². The van der Waals surface area contributed by atoms with Gasteiger partial charge in [-0.2, -0.15) is 0 Å². The molecule has 2 heteroatoms. The summed E-state index contributed by atoms with van der Waals surface area (Å²) in [7, 11) is 3.73. The number of methoxy groups -OCH3 is 1. The number of nitrogens with one attached hydrogen (secondary N) is 1. The van der Waals surface area contributed by atoms with E-state index in [1.807, 2.05) is 19.2 Å². The minimum atomic E-state index is 0.322. The van der Waals surface area contributed by atoms with E-state index in [1.54, 1.807) is 7.11 Å². The van der Waals surface area contributed by atoms with E-state index in [0.717, 1.165) is 12.2 Å². The van der Waals surface area contributed by atoms with Crippen LogP contribution < -0.4 is 10.1 Å². The van der Waals surface area contributed by atoms with Crippen molar-refractivity contribution >= 4 is 0 Å². The number of ether oxygens (including phenoxy) is 1. The highest BCUT2D eigenvalue weighted by atomic mass is 16.5. The molecule has 0 saturated heterocycles. The molecule has 0 heterocycles. The van der Waals surface area contributed by atoms with Gasteiger partial charge in [-0.15, -0.1) is 0 Å². The van der Waals surface area contributed by atoms with Crippen LogP contribution in [0.1, 0.15) is 28.3 Å². The second-order valence-corrected chi connectivity index (χ2v) is 5.26. The summed E-state index contributed by atoms with van der Waals surface area (Å²) in [5.41, 5.74) is 5.29. The normalized spacial score (nSPS) is 12.2. The molecule has 106 valence electrons. The molecular weight excluding hydrogens is 246 g/mol. The van der Waals surface area contributed by atoms with Crippen LogP contribution in [0, 0.1) is 13.8 Å². The second-order valence-electron chi connectivity index (χ2n) is 5.26. The topological polar surface area (TPSA) is 21.3 Å². The fourth-order valence-corrected chi connectivity index (χ4v) is 2.62. The third kappa shape index (κ3) is 3.40. The van der Waals surface area contributed by atoms with Gasteiger partial charge in [-0.25, -0.2) is 0 Å². The van der Waals surface area contributed by atoms with E-state index in [2.05, 4.69) is 49.5 Å². The lowest BCUT2D eigenvalue weighted by molar-refractivity contribution is 0.414. The zero-order chi connectivity index (χ0) is 14.5. The van der Waals surface area contributed by atoms with Crippen LogP contribution in [0.5, 0.6) is 5.75 Å². The Morgan fingerprint density at radius 3 is 2.55 bits per heavy atom. The second kappa shape index (κ2) is 6.58. The quantitative estimate of drug-likeness (QED) is 0.891. The van der Waals surface area contributed by atoms with Gasteiger partial charge in [-0.3, -0.25) is 0 Å². The molecule has 0 aliphatic rings. The Kier molecular flexibility index (Phi) is 4.80. The molecule has 0 saturated carbocycles. The third-order valence-corrected chi connectivity index (χ3v) is 3.72. The first-order valence-electron chi connectivity index (χ1n) is 7.01. The summed E-state index contributed by atoms with van der Waals surface area (Å²) in [4.78, 5) is 0. The summed E-state index contributed by atoms with van der Waals surface area (Å²) >= 11 is 0. The minimum absolute atomic E-state index is 0.322. The van der Waals surface area contributed by atoms with E-state index < -0.39 is 0 Å².